The highest BCUT2D eigenvalue weighted by atomic mass is 16.5. The zero-order chi connectivity index (χ0) is 13.9. The number of hydrogen-bond acceptors (Lipinski definition) is 6. The van der Waals surface area contributed by atoms with Crippen molar-refractivity contribution in [3.8, 4) is 0 Å². The van der Waals surface area contributed by atoms with Crippen LogP contribution >= 0.6 is 0 Å². The minimum atomic E-state index is -1.81. The first kappa shape index (κ1) is 13.9. The molecule has 7 nitrogen and oxygen atoms in total. The van der Waals surface area contributed by atoms with Gasteiger partial charge in [-0.15, -0.1) is 0 Å². The van der Waals surface area contributed by atoms with Crippen LogP contribution in [0, 0.1) is 0 Å². The third-order valence-corrected chi connectivity index (χ3v) is 2.45. The SMILES string of the molecule is COC(=O)c1cccc(C(O)C(O)C(N)=O)c1N. The Morgan fingerprint density at radius 2 is 1.94 bits per heavy atom. The number of ether oxygens (including phenoxy) is 1. The van der Waals surface area contributed by atoms with E-state index in [4.69, 9.17) is 11.5 Å². The number of primary amides is 1. The van der Waals surface area contributed by atoms with Gasteiger partial charge in [0.1, 0.15) is 6.10 Å². The normalized spacial score (nSPS) is 13.7. The quantitative estimate of drug-likeness (QED) is 0.399. The highest BCUT2D eigenvalue weighted by Crippen LogP contribution is 2.26. The maximum absolute atomic E-state index is 11.4. The molecule has 98 valence electrons. The van der Waals surface area contributed by atoms with Crippen LogP contribution in [0.1, 0.15) is 22.0 Å². The molecule has 1 amide bonds. The molecule has 0 radical (unpaired) electrons. The van der Waals surface area contributed by atoms with Gasteiger partial charge >= 0.3 is 5.97 Å². The van der Waals surface area contributed by atoms with Gasteiger partial charge in [-0.2, -0.15) is 0 Å². The number of anilines is 1. The maximum Gasteiger partial charge on any atom is 0.339 e. The summed E-state index contributed by atoms with van der Waals surface area (Å²) in [5.41, 5.74) is 10.5. The fourth-order valence-corrected chi connectivity index (χ4v) is 1.45. The molecule has 0 spiro atoms. The Kier molecular flexibility index (Phi) is 4.24. The molecule has 6 N–H and O–H groups in total. The molecule has 1 aromatic carbocycles. The summed E-state index contributed by atoms with van der Waals surface area (Å²) in [6, 6.07) is 4.21. The number of para-hydroxylation sites is 1. The molecule has 2 atom stereocenters. The van der Waals surface area contributed by atoms with Crippen LogP contribution in [-0.4, -0.2) is 35.3 Å². The summed E-state index contributed by atoms with van der Waals surface area (Å²) >= 11 is 0. The van der Waals surface area contributed by atoms with Crippen LogP contribution in [0.4, 0.5) is 5.69 Å². The third-order valence-electron chi connectivity index (χ3n) is 2.45. The van der Waals surface area contributed by atoms with E-state index >= 15 is 0 Å². The number of carbonyl (C=O) groups excluding carboxylic acids is 2. The Morgan fingerprint density at radius 1 is 1.33 bits per heavy atom. The minimum Gasteiger partial charge on any atom is -0.465 e. The second-order valence-electron chi connectivity index (χ2n) is 3.59. The van der Waals surface area contributed by atoms with E-state index in [2.05, 4.69) is 4.74 Å². The molecule has 18 heavy (non-hydrogen) atoms. The summed E-state index contributed by atoms with van der Waals surface area (Å²) in [6.45, 7) is 0. The second kappa shape index (κ2) is 5.48. The van der Waals surface area contributed by atoms with E-state index < -0.39 is 24.1 Å². The number of nitrogens with two attached hydrogens (primary N) is 2. The molecule has 0 saturated heterocycles. The molecule has 0 fully saturated rings. The summed E-state index contributed by atoms with van der Waals surface area (Å²) in [7, 11) is 1.18. The van der Waals surface area contributed by atoms with Crippen molar-refractivity contribution in [1.82, 2.24) is 0 Å². The predicted molar refractivity (Wildman–Crippen MR) is 62.4 cm³/mol. The molecule has 1 aromatic rings. The maximum atomic E-state index is 11.4. The van der Waals surface area contributed by atoms with E-state index in [1.54, 1.807) is 0 Å². The number of nitrogen functional groups attached to an aromatic ring is 1. The number of amides is 1. The van der Waals surface area contributed by atoms with Gasteiger partial charge in [0, 0.05) is 5.56 Å². The second-order valence-corrected chi connectivity index (χ2v) is 3.59. The van der Waals surface area contributed by atoms with E-state index in [0.717, 1.165) is 0 Å². The first-order valence-corrected chi connectivity index (χ1v) is 5.02. The van der Waals surface area contributed by atoms with Crippen LogP contribution in [0.2, 0.25) is 0 Å². The number of aliphatic hydroxyl groups excluding tert-OH is 2. The lowest BCUT2D eigenvalue weighted by Crippen LogP contribution is -2.34. The molecule has 0 aromatic heterocycles. The molecule has 7 heteroatoms. The van der Waals surface area contributed by atoms with Gasteiger partial charge in [0.15, 0.2) is 6.10 Å². The summed E-state index contributed by atoms with van der Waals surface area (Å²) < 4.78 is 4.51. The van der Waals surface area contributed by atoms with Crippen molar-refractivity contribution in [3.63, 3.8) is 0 Å². The van der Waals surface area contributed by atoms with Crippen molar-refractivity contribution in [2.45, 2.75) is 12.2 Å². The van der Waals surface area contributed by atoms with Gasteiger partial charge in [0.05, 0.1) is 18.4 Å². The summed E-state index contributed by atoms with van der Waals surface area (Å²) in [4.78, 5) is 22.2. The van der Waals surface area contributed by atoms with Crippen LogP contribution < -0.4 is 11.5 Å². The monoisotopic (exact) mass is 254 g/mol. The Labute approximate surface area is 103 Å². The van der Waals surface area contributed by atoms with Gasteiger partial charge < -0.3 is 26.4 Å². The van der Waals surface area contributed by atoms with Crippen molar-refractivity contribution < 1.29 is 24.5 Å². The molecular weight excluding hydrogens is 240 g/mol. The summed E-state index contributed by atoms with van der Waals surface area (Å²) in [6.07, 6.45) is -3.41. The molecule has 0 aliphatic carbocycles. The lowest BCUT2D eigenvalue weighted by molar-refractivity contribution is -0.131. The summed E-state index contributed by atoms with van der Waals surface area (Å²) in [5, 5.41) is 19.1. The van der Waals surface area contributed by atoms with Crippen molar-refractivity contribution in [1.29, 1.82) is 0 Å². The first-order valence-electron chi connectivity index (χ1n) is 5.02. The van der Waals surface area contributed by atoms with Crippen LogP contribution in [0.15, 0.2) is 18.2 Å². The molecule has 0 aliphatic rings. The van der Waals surface area contributed by atoms with Gasteiger partial charge in [0.2, 0.25) is 5.91 Å². The van der Waals surface area contributed by atoms with Crippen molar-refractivity contribution >= 4 is 17.6 Å². The first-order chi connectivity index (χ1) is 8.40. The van der Waals surface area contributed by atoms with E-state index in [1.807, 2.05) is 0 Å². The molecular formula is C11H14N2O5. The molecule has 0 bridgehead atoms. The third kappa shape index (κ3) is 2.58. The number of carbonyl (C=O) groups is 2. The number of hydrogen-bond donors (Lipinski definition) is 4. The lowest BCUT2D eigenvalue weighted by Gasteiger charge is -2.18. The summed E-state index contributed by atoms with van der Waals surface area (Å²) in [5.74, 6) is -1.78. The highest BCUT2D eigenvalue weighted by Gasteiger charge is 2.26. The molecule has 0 heterocycles. The van der Waals surface area contributed by atoms with Crippen molar-refractivity contribution in [3.05, 3.63) is 29.3 Å². The molecule has 0 aliphatic heterocycles. The molecule has 1 rings (SSSR count). The van der Waals surface area contributed by atoms with Crippen molar-refractivity contribution in [2.75, 3.05) is 12.8 Å². The Morgan fingerprint density at radius 3 is 2.44 bits per heavy atom. The highest BCUT2D eigenvalue weighted by molar-refractivity contribution is 5.96. The average Bonchev–Trinajstić information content (AvgIpc) is 2.36. The van der Waals surface area contributed by atoms with E-state index in [0.29, 0.717) is 0 Å². The average molecular weight is 254 g/mol. The van der Waals surface area contributed by atoms with Gasteiger partial charge in [0.25, 0.3) is 0 Å². The van der Waals surface area contributed by atoms with E-state index in [-0.39, 0.29) is 16.8 Å². The number of rotatable bonds is 4. The minimum absolute atomic E-state index is 0.0317. The van der Waals surface area contributed by atoms with E-state index in [9.17, 15) is 19.8 Å². The van der Waals surface area contributed by atoms with Crippen molar-refractivity contribution in [2.24, 2.45) is 5.73 Å². The van der Waals surface area contributed by atoms with Crippen LogP contribution in [0.5, 0.6) is 0 Å². The van der Waals surface area contributed by atoms with Crippen LogP contribution in [0.25, 0.3) is 0 Å². The molecule has 0 saturated carbocycles. The van der Waals surface area contributed by atoms with Gasteiger partial charge in [-0.3, -0.25) is 4.79 Å². The fourth-order valence-electron chi connectivity index (χ4n) is 1.45. The van der Waals surface area contributed by atoms with Gasteiger partial charge in [-0.05, 0) is 6.07 Å². The predicted octanol–water partition coefficient (Wildman–Crippen LogP) is -1.06. The standard InChI is InChI=1S/C11H14N2O5/c1-18-11(17)6-4-2-3-5(7(6)12)8(14)9(15)10(13)16/h2-4,8-9,14-15H,12H2,1H3,(H2,13,16). The van der Waals surface area contributed by atoms with Gasteiger partial charge in [-0.1, -0.05) is 12.1 Å². The fraction of sp³-hybridized carbons (Fsp3) is 0.273. The van der Waals surface area contributed by atoms with Gasteiger partial charge in [-0.25, -0.2) is 4.79 Å². The largest absolute Gasteiger partial charge is 0.465 e. The Balaban J connectivity index is 3.18. The Hall–Kier alpha value is -2.12. The number of aliphatic hydroxyl groups is 2. The zero-order valence-electron chi connectivity index (χ0n) is 9.66. The number of benzene rings is 1. The molecule has 2 unspecified atom stereocenters. The smallest absolute Gasteiger partial charge is 0.339 e. The lowest BCUT2D eigenvalue weighted by atomic mass is 9.99. The van der Waals surface area contributed by atoms with Crippen LogP contribution in [-0.2, 0) is 9.53 Å². The van der Waals surface area contributed by atoms with E-state index in [1.165, 1.54) is 25.3 Å². The zero-order valence-corrected chi connectivity index (χ0v) is 9.66. The van der Waals surface area contributed by atoms with Crippen LogP contribution in [0.3, 0.4) is 0 Å². The Bertz CT molecular complexity index is 475. The topological polar surface area (TPSA) is 136 Å². The number of esters is 1. The number of methoxy groups -OCH3 is 1.